The van der Waals surface area contributed by atoms with Gasteiger partial charge < -0.3 is 5.32 Å². The maximum Gasteiger partial charge on any atom is 0.269 e. The third-order valence-corrected chi connectivity index (χ3v) is 2.71. The van der Waals surface area contributed by atoms with Crippen molar-refractivity contribution in [1.82, 2.24) is 25.3 Å². The van der Waals surface area contributed by atoms with Crippen LogP contribution in [0, 0.1) is 0 Å². The quantitative estimate of drug-likeness (QED) is 0.666. The highest BCUT2D eigenvalue weighted by molar-refractivity contribution is 9.10. The van der Waals surface area contributed by atoms with E-state index in [1.165, 1.54) is 0 Å². The molecule has 2 aromatic rings. The lowest BCUT2D eigenvalue weighted by atomic mass is 10.3. The summed E-state index contributed by atoms with van der Waals surface area (Å²) in [6.07, 6.45) is 4.21. The van der Waals surface area contributed by atoms with Crippen LogP contribution in [0.1, 0.15) is 16.9 Å². The summed E-state index contributed by atoms with van der Waals surface area (Å²) in [5.41, 5.74) is 0.408. The molecule has 0 aromatic carbocycles. The van der Waals surface area contributed by atoms with Gasteiger partial charge in [0.1, 0.15) is 10.3 Å². The van der Waals surface area contributed by atoms with Crippen LogP contribution in [-0.4, -0.2) is 32.4 Å². The fraction of sp³-hybridized carbons (Fsp3) is 0.273. The number of carbonyl (C=O) groups is 1. The topological polar surface area (TPSA) is 72.7 Å². The number of aryl methyl sites for hydroxylation is 1. The summed E-state index contributed by atoms with van der Waals surface area (Å²) in [7, 11) is 0. The van der Waals surface area contributed by atoms with E-state index in [0.29, 0.717) is 16.8 Å². The van der Waals surface area contributed by atoms with Crippen molar-refractivity contribution in [2.24, 2.45) is 0 Å². The molecule has 0 fully saturated rings. The van der Waals surface area contributed by atoms with Gasteiger partial charge in [-0.05, 0) is 34.5 Å². The molecule has 2 aromatic heterocycles. The van der Waals surface area contributed by atoms with Crippen LogP contribution >= 0.6 is 15.9 Å². The van der Waals surface area contributed by atoms with Crippen molar-refractivity contribution in [3.8, 4) is 0 Å². The predicted octanol–water partition coefficient (Wildman–Crippen LogP) is 1.26. The van der Waals surface area contributed by atoms with Crippen molar-refractivity contribution < 1.29 is 4.79 Å². The van der Waals surface area contributed by atoms with E-state index >= 15 is 0 Å². The second-order valence-corrected chi connectivity index (χ2v) is 4.43. The van der Waals surface area contributed by atoms with Crippen molar-refractivity contribution in [2.45, 2.75) is 13.0 Å². The van der Waals surface area contributed by atoms with Crippen LogP contribution in [0.3, 0.4) is 0 Å². The highest BCUT2D eigenvalue weighted by Crippen LogP contribution is 2.05. The first-order chi connectivity index (χ1) is 8.75. The maximum atomic E-state index is 11.7. The molecule has 18 heavy (non-hydrogen) atoms. The van der Waals surface area contributed by atoms with Gasteiger partial charge in [-0.2, -0.15) is 0 Å². The molecule has 0 aliphatic heterocycles. The number of nitrogens with zero attached hydrogens (tertiary/aromatic N) is 4. The van der Waals surface area contributed by atoms with Gasteiger partial charge in [0, 0.05) is 19.3 Å². The Labute approximate surface area is 113 Å². The van der Waals surface area contributed by atoms with E-state index in [-0.39, 0.29) is 5.91 Å². The zero-order valence-corrected chi connectivity index (χ0v) is 11.2. The lowest BCUT2D eigenvalue weighted by molar-refractivity contribution is 0.0947. The van der Waals surface area contributed by atoms with E-state index in [1.54, 1.807) is 35.3 Å². The molecule has 0 saturated heterocycles. The average molecular weight is 310 g/mol. The number of nitrogens with one attached hydrogen (secondary N) is 1. The summed E-state index contributed by atoms with van der Waals surface area (Å²) in [5.74, 6) is -0.171. The smallest absolute Gasteiger partial charge is 0.269 e. The molecule has 7 heteroatoms. The Kier molecular flexibility index (Phi) is 4.40. The fourth-order valence-electron chi connectivity index (χ4n) is 1.42. The lowest BCUT2D eigenvalue weighted by Gasteiger charge is -2.04. The van der Waals surface area contributed by atoms with Gasteiger partial charge in [-0.25, -0.2) is 4.98 Å². The molecule has 6 nitrogen and oxygen atoms in total. The Hall–Kier alpha value is -1.76. The summed E-state index contributed by atoms with van der Waals surface area (Å²) in [6, 6.07) is 5.24. The van der Waals surface area contributed by atoms with Crippen LogP contribution in [0.4, 0.5) is 0 Å². The van der Waals surface area contributed by atoms with Gasteiger partial charge in [-0.3, -0.25) is 9.48 Å². The van der Waals surface area contributed by atoms with Crippen molar-refractivity contribution in [3.05, 3.63) is 40.9 Å². The third kappa shape index (κ3) is 3.63. The van der Waals surface area contributed by atoms with Crippen molar-refractivity contribution in [2.75, 3.05) is 6.54 Å². The fourth-order valence-corrected chi connectivity index (χ4v) is 1.76. The summed E-state index contributed by atoms with van der Waals surface area (Å²) in [5, 5.41) is 10.3. The van der Waals surface area contributed by atoms with Gasteiger partial charge in [-0.15, -0.1) is 5.10 Å². The van der Waals surface area contributed by atoms with Crippen molar-refractivity contribution in [1.29, 1.82) is 0 Å². The van der Waals surface area contributed by atoms with Crippen LogP contribution < -0.4 is 5.32 Å². The zero-order chi connectivity index (χ0) is 12.8. The molecule has 0 bridgehead atoms. The number of carbonyl (C=O) groups excluding carboxylic acids is 1. The molecule has 1 N–H and O–H groups in total. The van der Waals surface area contributed by atoms with Gasteiger partial charge in [0.15, 0.2) is 0 Å². The first-order valence-corrected chi connectivity index (χ1v) is 6.30. The molecule has 0 radical (unpaired) electrons. The molecular formula is C11H12BrN5O. The second kappa shape index (κ2) is 6.25. The third-order valence-electron chi connectivity index (χ3n) is 2.27. The molecule has 0 saturated carbocycles. The molecule has 1 amide bonds. The Balaban J connectivity index is 1.75. The predicted molar refractivity (Wildman–Crippen MR) is 68.9 cm³/mol. The summed E-state index contributed by atoms with van der Waals surface area (Å²) >= 11 is 3.23. The minimum Gasteiger partial charge on any atom is -0.351 e. The van der Waals surface area contributed by atoms with E-state index in [9.17, 15) is 4.79 Å². The van der Waals surface area contributed by atoms with Crippen LogP contribution in [0.5, 0.6) is 0 Å². The second-order valence-electron chi connectivity index (χ2n) is 3.62. The number of amides is 1. The Bertz CT molecular complexity index is 514. The van der Waals surface area contributed by atoms with Gasteiger partial charge >= 0.3 is 0 Å². The highest BCUT2D eigenvalue weighted by Gasteiger charge is 2.06. The Morgan fingerprint density at radius 2 is 2.33 bits per heavy atom. The van der Waals surface area contributed by atoms with E-state index in [2.05, 4.69) is 36.5 Å². The van der Waals surface area contributed by atoms with E-state index in [1.807, 2.05) is 0 Å². The minimum absolute atomic E-state index is 0.171. The average Bonchev–Trinajstić information content (AvgIpc) is 2.87. The molecule has 2 heterocycles. The maximum absolute atomic E-state index is 11.7. The number of rotatable bonds is 5. The SMILES string of the molecule is O=C(NCCCn1ccnn1)c1cccc(Br)n1. The summed E-state index contributed by atoms with van der Waals surface area (Å²) in [6.45, 7) is 1.30. The normalized spacial score (nSPS) is 10.3. The van der Waals surface area contributed by atoms with E-state index in [0.717, 1.165) is 13.0 Å². The van der Waals surface area contributed by atoms with Crippen LogP contribution in [0.2, 0.25) is 0 Å². The summed E-state index contributed by atoms with van der Waals surface area (Å²) in [4.78, 5) is 15.8. The standard InChI is InChI=1S/C11H12BrN5O/c12-10-4-1-3-9(15-10)11(18)13-5-2-7-17-8-6-14-16-17/h1,3-4,6,8H,2,5,7H2,(H,13,18). The van der Waals surface area contributed by atoms with Crippen molar-refractivity contribution >= 4 is 21.8 Å². The largest absolute Gasteiger partial charge is 0.351 e. The number of aromatic nitrogens is 4. The number of hydrogen-bond acceptors (Lipinski definition) is 4. The van der Waals surface area contributed by atoms with Crippen LogP contribution in [0.15, 0.2) is 35.2 Å². The zero-order valence-electron chi connectivity index (χ0n) is 9.58. The molecule has 2 rings (SSSR count). The van der Waals surface area contributed by atoms with E-state index in [4.69, 9.17) is 0 Å². The molecule has 0 aliphatic carbocycles. The van der Waals surface area contributed by atoms with Gasteiger partial charge in [0.2, 0.25) is 0 Å². The number of pyridine rings is 1. The number of halogens is 1. The molecule has 0 unspecified atom stereocenters. The monoisotopic (exact) mass is 309 g/mol. The van der Waals surface area contributed by atoms with Crippen LogP contribution in [0.25, 0.3) is 0 Å². The summed E-state index contributed by atoms with van der Waals surface area (Å²) < 4.78 is 2.38. The van der Waals surface area contributed by atoms with Gasteiger partial charge in [-0.1, -0.05) is 11.3 Å². The Morgan fingerprint density at radius 1 is 1.44 bits per heavy atom. The van der Waals surface area contributed by atoms with Crippen molar-refractivity contribution in [3.63, 3.8) is 0 Å². The Morgan fingerprint density at radius 3 is 3.06 bits per heavy atom. The molecule has 0 atom stereocenters. The highest BCUT2D eigenvalue weighted by atomic mass is 79.9. The molecular weight excluding hydrogens is 298 g/mol. The first kappa shape index (κ1) is 12.7. The lowest BCUT2D eigenvalue weighted by Crippen LogP contribution is -2.26. The van der Waals surface area contributed by atoms with Crippen LogP contribution in [-0.2, 0) is 6.54 Å². The van der Waals surface area contributed by atoms with Gasteiger partial charge in [0.05, 0.1) is 6.20 Å². The molecule has 0 spiro atoms. The number of hydrogen-bond donors (Lipinski definition) is 1. The molecule has 94 valence electrons. The first-order valence-electron chi connectivity index (χ1n) is 5.50. The van der Waals surface area contributed by atoms with Gasteiger partial charge in [0.25, 0.3) is 5.91 Å². The molecule has 0 aliphatic rings. The minimum atomic E-state index is -0.171. The van der Waals surface area contributed by atoms with E-state index < -0.39 is 0 Å².